The number of hydrogen-bond acceptors (Lipinski definition) is 10. The number of nitrogens with zero attached hydrogens (tertiary/aromatic N) is 4. The fourth-order valence-corrected chi connectivity index (χ4v) is 10.6. The highest BCUT2D eigenvalue weighted by Gasteiger charge is 2.41. The first-order valence-corrected chi connectivity index (χ1v) is 22.2. The highest BCUT2D eigenvalue weighted by Crippen LogP contribution is 2.35. The molecule has 6 rings (SSSR count). The Morgan fingerprint density at radius 2 is 1.14 bits per heavy atom. The van der Waals surface area contributed by atoms with Gasteiger partial charge in [-0.05, 0) is 100 Å². The summed E-state index contributed by atoms with van der Waals surface area (Å²) in [6, 6.07) is 16.5. The summed E-state index contributed by atoms with van der Waals surface area (Å²) in [6.45, 7) is 4.79. The van der Waals surface area contributed by atoms with Gasteiger partial charge in [0.25, 0.3) is 0 Å². The van der Waals surface area contributed by atoms with E-state index < -0.39 is 56.0 Å². The first-order chi connectivity index (χ1) is 26.8. The van der Waals surface area contributed by atoms with E-state index in [2.05, 4.69) is 9.97 Å². The van der Waals surface area contributed by atoms with Gasteiger partial charge in [0.15, 0.2) is 18.0 Å². The Balaban J connectivity index is 1.39. The van der Waals surface area contributed by atoms with Crippen LogP contribution in [0.4, 0.5) is 0 Å². The fraction of sp³-hybridized carbons (Fsp3) is 0.400. The predicted octanol–water partition coefficient (Wildman–Crippen LogP) is 7.49. The molecule has 16 heteroatoms. The summed E-state index contributed by atoms with van der Waals surface area (Å²) in [5, 5.41) is 0.366. The summed E-state index contributed by atoms with van der Waals surface area (Å²) in [7, 11) is -7.72. The van der Waals surface area contributed by atoms with Crippen molar-refractivity contribution in [3.05, 3.63) is 118 Å². The normalized spacial score (nSPS) is 18.1. The number of sulfonamides is 2. The average Bonchev–Trinajstić information content (AvgIpc) is 3.22. The zero-order valence-corrected chi connectivity index (χ0v) is 34.2. The molecule has 2 fully saturated rings. The van der Waals surface area contributed by atoms with Crippen LogP contribution in [0.1, 0.15) is 96.6 Å². The number of halogens is 2. The summed E-state index contributed by atoms with van der Waals surface area (Å²) >= 11 is 13.4. The van der Waals surface area contributed by atoms with Gasteiger partial charge in [-0.2, -0.15) is 8.61 Å². The Bertz CT molecular complexity index is 2080. The number of carbonyl (C=O) groups is 2. The topological polar surface area (TPSA) is 153 Å². The maximum Gasteiger partial charge on any atom is 0.243 e. The van der Waals surface area contributed by atoms with E-state index in [0.717, 1.165) is 38.5 Å². The van der Waals surface area contributed by atoms with Crippen LogP contribution in [0.5, 0.6) is 0 Å². The molecule has 2 saturated heterocycles. The van der Waals surface area contributed by atoms with Crippen LogP contribution in [0, 0.1) is 0 Å². The Kier molecular flexibility index (Phi) is 13.8. The smallest absolute Gasteiger partial charge is 0.243 e. The predicted molar refractivity (Wildman–Crippen MR) is 212 cm³/mol. The minimum atomic E-state index is -3.86. The van der Waals surface area contributed by atoms with E-state index in [0.29, 0.717) is 26.2 Å². The van der Waals surface area contributed by atoms with Gasteiger partial charge < -0.3 is 9.47 Å². The summed E-state index contributed by atoms with van der Waals surface area (Å²) in [6.07, 6.45) is 3.72. The Morgan fingerprint density at radius 1 is 0.643 bits per heavy atom. The lowest BCUT2D eigenvalue weighted by atomic mass is 9.97. The van der Waals surface area contributed by atoms with Gasteiger partial charge in [0.05, 0.1) is 22.0 Å². The van der Waals surface area contributed by atoms with Gasteiger partial charge in [0.1, 0.15) is 5.69 Å². The molecule has 12 nitrogen and oxygen atoms in total. The van der Waals surface area contributed by atoms with Crippen LogP contribution in [0.25, 0.3) is 0 Å². The molecule has 0 N–H and O–H groups in total. The molecule has 298 valence electrons. The maximum absolute atomic E-state index is 14.5. The number of pyridine rings is 2. The molecule has 0 spiro atoms. The van der Waals surface area contributed by atoms with Gasteiger partial charge >= 0.3 is 0 Å². The number of piperidine rings is 2. The molecule has 4 atom stereocenters. The van der Waals surface area contributed by atoms with Crippen molar-refractivity contribution in [2.24, 2.45) is 0 Å². The standard InChI is InChI=1S/C40H44Cl2N4O8S2/c1-27(32-24-30(14-16-34(32)41)55(49,50)45-20-7-3-8-21-45)53-39(37(47)29-12-11-18-43-26-29)40(38(48)36-13-5-6-19-44-36)54-28(2)33-25-31(15-17-35(33)42)56(51,52)46-22-9-4-10-23-46/h5-6,11-19,24-28,39-40H,3-4,7-10,20-23H2,1-2H3. The number of aromatic nitrogens is 2. The molecule has 0 bridgehead atoms. The highest BCUT2D eigenvalue weighted by molar-refractivity contribution is 7.89. The molecule has 2 aromatic carbocycles. The zero-order chi connectivity index (χ0) is 40.0. The number of carbonyl (C=O) groups excluding carboxylic acids is 2. The van der Waals surface area contributed by atoms with Crippen molar-refractivity contribution < 1.29 is 35.9 Å². The lowest BCUT2D eigenvalue weighted by molar-refractivity contribution is -0.0873. The molecule has 0 aliphatic carbocycles. The number of Topliss-reactive ketones (excluding diaryl/α,β-unsaturated/α-hetero) is 2. The van der Waals surface area contributed by atoms with Crippen LogP contribution in [0.3, 0.4) is 0 Å². The monoisotopic (exact) mass is 842 g/mol. The van der Waals surface area contributed by atoms with Gasteiger partial charge in [-0.1, -0.05) is 42.1 Å². The number of ketones is 2. The molecule has 0 amide bonds. The van der Waals surface area contributed by atoms with E-state index in [1.807, 2.05) is 0 Å². The average molecular weight is 844 g/mol. The molecule has 2 aliphatic rings. The van der Waals surface area contributed by atoms with Crippen molar-refractivity contribution in [2.45, 2.75) is 86.6 Å². The van der Waals surface area contributed by atoms with Gasteiger partial charge in [-0.3, -0.25) is 19.6 Å². The molecule has 0 saturated carbocycles. The van der Waals surface area contributed by atoms with Crippen molar-refractivity contribution in [1.29, 1.82) is 0 Å². The number of rotatable bonds is 15. The van der Waals surface area contributed by atoms with Gasteiger partial charge in [-0.25, -0.2) is 16.8 Å². The van der Waals surface area contributed by atoms with Crippen molar-refractivity contribution in [2.75, 3.05) is 26.2 Å². The van der Waals surface area contributed by atoms with Gasteiger partial charge in [0, 0.05) is 71.5 Å². The molecule has 2 aromatic heterocycles. The second-order valence-corrected chi connectivity index (χ2v) is 18.6. The second-order valence-electron chi connectivity index (χ2n) is 13.9. The lowest BCUT2D eigenvalue weighted by Gasteiger charge is -2.31. The van der Waals surface area contributed by atoms with Crippen molar-refractivity contribution in [3.8, 4) is 0 Å². The largest absolute Gasteiger partial charge is 0.359 e. The molecule has 4 heterocycles. The molecule has 56 heavy (non-hydrogen) atoms. The molecular formula is C40H44Cl2N4O8S2. The summed E-state index contributed by atoms with van der Waals surface area (Å²) in [4.78, 5) is 37.3. The van der Waals surface area contributed by atoms with Crippen molar-refractivity contribution in [3.63, 3.8) is 0 Å². The van der Waals surface area contributed by atoms with Crippen LogP contribution in [0.2, 0.25) is 10.0 Å². The number of benzene rings is 2. The van der Waals surface area contributed by atoms with Crippen LogP contribution in [-0.2, 0) is 29.5 Å². The summed E-state index contributed by atoms with van der Waals surface area (Å²) in [5.74, 6) is -1.36. The van der Waals surface area contributed by atoms with Crippen molar-refractivity contribution in [1.82, 2.24) is 18.6 Å². The maximum atomic E-state index is 14.5. The number of hydrogen-bond donors (Lipinski definition) is 0. The third-order valence-electron chi connectivity index (χ3n) is 10.1. The zero-order valence-electron chi connectivity index (χ0n) is 31.1. The quantitative estimate of drug-likeness (QED) is 0.110. The molecule has 4 aromatic rings. The SMILES string of the molecule is CC(OC(C(=O)c1cccnc1)C(OC(C)c1cc(S(=O)(=O)N2CCCCC2)ccc1Cl)C(=O)c1ccccn1)c1cc(S(=O)(=O)N2CCCCC2)ccc1Cl. The molecule has 2 aliphatic heterocycles. The lowest BCUT2D eigenvalue weighted by Crippen LogP contribution is -2.45. The first-order valence-electron chi connectivity index (χ1n) is 18.6. The molecule has 0 radical (unpaired) electrons. The van der Waals surface area contributed by atoms with E-state index in [1.54, 1.807) is 32.0 Å². The van der Waals surface area contributed by atoms with Crippen LogP contribution >= 0.6 is 23.2 Å². The van der Waals surface area contributed by atoms with E-state index in [1.165, 1.54) is 75.7 Å². The Labute approximate surface area is 338 Å². The Morgan fingerprint density at radius 3 is 1.59 bits per heavy atom. The summed E-state index contributed by atoms with van der Waals surface area (Å²) in [5.41, 5.74) is 0.623. The molecule has 4 unspecified atom stereocenters. The molecular weight excluding hydrogens is 799 g/mol. The van der Waals surface area contributed by atoms with Crippen molar-refractivity contribution >= 4 is 54.8 Å². The van der Waals surface area contributed by atoms with E-state index in [-0.39, 0.29) is 42.2 Å². The minimum Gasteiger partial charge on any atom is -0.359 e. The minimum absolute atomic E-state index is 0.0174. The van der Waals surface area contributed by atoms with Crippen LogP contribution < -0.4 is 0 Å². The first kappa shape index (κ1) is 42.0. The second kappa shape index (κ2) is 18.3. The third kappa shape index (κ3) is 9.40. The number of ether oxygens (including phenoxy) is 2. The van der Waals surface area contributed by atoms with Gasteiger partial charge in [0.2, 0.25) is 25.8 Å². The van der Waals surface area contributed by atoms with E-state index in [4.69, 9.17) is 32.7 Å². The summed E-state index contributed by atoms with van der Waals surface area (Å²) < 4.78 is 70.5. The highest BCUT2D eigenvalue weighted by atomic mass is 35.5. The van der Waals surface area contributed by atoms with E-state index >= 15 is 0 Å². The van der Waals surface area contributed by atoms with Crippen LogP contribution in [0.15, 0.2) is 95.1 Å². The van der Waals surface area contributed by atoms with Crippen LogP contribution in [-0.4, -0.2) is 85.4 Å². The fourth-order valence-electron chi connectivity index (χ4n) is 6.95. The van der Waals surface area contributed by atoms with Gasteiger partial charge in [-0.15, -0.1) is 0 Å². The Hall–Kier alpha value is -3.60. The van der Waals surface area contributed by atoms with E-state index in [9.17, 15) is 26.4 Å². The third-order valence-corrected chi connectivity index (χ3v) is 14.6.